The van der Waals surface area contributed by atoms with Gasteiger partial charge < -0.3 is 14.4 Å². The average Bonchev–Trinajstić information content (AvgIpc) is 2.70. The van der Waals surface area contributed by atoms with Gasteiger partial charge in [0.1, 0.15) is 0 Å². The first kappa shape index (κ1) is 23.7. The lowest BCUT2D eigenvalue weighted by atomic mass is 9.84. The predicted octanol–water partition coefficient (Wildman–Crippen LogP) is 5.13. The Hall–Kier alpha value is -2.56. The van der Waals surface area contributed by atoms with Gasteiger partial charge in [-0.25, -0.2) is 0 Å². The van der Waals surface area contributed by atoms with Gasteiger partial charge in [0.05, 0.1) is 14.2 Å². The lowest BCUT2D eigenvalue weighted by molar-refractivity contribution is -0.132. The van der Waals surface area contributed by atoms with Crippen LogP contribution in [0.1, 0.15) is 51.8 Å². The fraction of sp³-hybridized carbons (Fsp3) is 0.520. The Morgan fingerprint density at radius 2 is 1.83 bits per heavy atom. The standard InChI is InChI=1S/C25H36N2O3/c1-19(17-25(2,3)4)15-24(28)27(14-12-21-9-7-8-13-26-21)18-20-10-11-22(29-5)23(16-20)30-6/h7-11,13,16,19H,12,14-15,17-18H2,1-6H3. The average molecular weight is 413 g/mol. The van der Waals surface area contributed by atoms with Crippen molar-refractivity contribution in [3.05, 3.63) is 53.9 Å². The van der Waals surface area contributed by atoms with Gasteiger partial charge in [-0.15, -0.1) is 0 Å². The number of benzene rings is 1. The van der Waals surface area contributed by atoms with E-state index in [1.54, 1.807) is 20.4 Å². The molecule has 2 aromatic rings. The summed E-state index contributed by atoms with van der Waals surface area (Å²) in [4.78, 5) is 19.5. The van der Waals surface area contributed by atoms with Crippen LogP contribution in [-0.4, -0.2) is 36.6 Å². The van der Waals surface area contributed by atoms with Gasteiger partial charge in [-0.3, -0.25) is 9.78 Å². The van der Waals surface area contributed by atoms with E-state index in [0.29, 0.717) is 36.9 Å². The molecule has 164 valence electrons. The minimum Gasteiger partial charge on any atom is -0.493 e. The summed E-state index contributed by atoms with van der Waals surface area (Å²) >= 11 is 0. The number of rotatable bonds is 10. The number of hydrogen-bond donors (Lipinski definition) is 0. The summed E-state index contributed by atoms with van der Waals surface area (Å²) in [5.41, 5.74) is 2.22. The van der Waals surface area contributed by atoms with E-state index in [9.17, 15) is 4.79 Å². The highest BCUT2D eigenvalue weighted by molar-refractivity contribution is 5.76. The SMILES string of the molecule is COc1ccc(CN(CCc2ccccn2)C(=O)CC(C)CC(C)(C)C)cc1OC. The van der Waals surface area contributed by atoms with Crippen LogP contribution in [0.15, 0.2) is 42.6 Å². The van der Waals surface area contributed by atoms with Gasteiger partial charge in [0.25, 0.3) is 0 Å². The Kier molecular flexibility index (Phi) is 8.70. The number of amides is 1. The van der Waals surface area contributed by atoms with Crippen molar-refractivity contribution in [3.8, 4) is 11.5 Å². The lowest BCUT2D eigenvalue weighted by Crippen LogP contribution is -2.34. The van der Waals surface area contributed by atoms with Crippen LogP contribution >= 0.6 is 0 Å². The topological polar surface area (TPSA) is 51.7 Å². The Morgan fingerprint density at radius 1 is 1.10 bits per heavy atom. The minimum atomic E-state index is 0.178. The highest BCUT2D eigenvalue weighted by atomic mass is 16.5. The fourth-order valence-electron chi connectivity index (χ4n) is 3.83. The molecule has 2 rings (SSSR count). The van der Waals surface area contributed by atoms with Gasteiger partial charge in [0.2, 0.25) is 5.91 Å². The van der Waals surface area contributed by atoms with Gasteiger partial charge >= 0.3 is 0 Å². The number of pyridine rings is 1. The zero-order valence-corrected chi connectivity index (χ0v) is 19.3. The third kappa shape index (κ3) is 7.69. The van der Waals surface area contributed by atoms with Crippen molar-refractivity contribution in [1.29, 1.82) is 0 Å². The molecule has 1 atom stereocenters. The molecule has 1 amide bonds. The van der Waals surface area contributed by atoms with Crippen LogP contribution in [-0.2, 0) is 17.8 Å². The van der Waals surface area contributed by atoms with Gasteiger partial charge in [0.15, 0.2) is 11.5 Å². The van der Waals surface area contributed by atoms with Crippen LogP contribution < -0.4 is 9.47 Å². The van der Waals surface area contributed by atoms with Crippen LogP contribution in [0.5, 0.6) is 11.5 Å². The number of hydrogen-bond acceptors (Lipinski definition) is 4. The molecule has 0 aliphatic heterocycles. The summed E-state index contributed by atoms with van der Waals surface area (Å²) < 4.78 is 10.8. The summed E-state index contributed by atoms with van der Waals surface area (Å²) in [6.45, 7) is 9.99. The molecule has 0 aliphatic carbocycles. The molecule has 1 aromatic carbocycles. The molecule has 0 saturated heterocycles. The molecule has 0 radical (unpaired) electrons. The van der Waals surface area contributed by atoms with E-state index in [1.165, 1.54) is 0 Å². The quantitative estimate of drug-likeness (QED) is 0.543. The second-order valence-electron chi connectivity index (χ2n) is 9.15. The van der Waals surface area contributed by atoms with Crippen LogP contribution in [0.2, 0.25) is 0 Å². The molecule has 1 heterocycles. The summed E-state index contributed by atoms with van der Waals surface area (Å²) in [5.74, 6) is 1.87. The van der Waals surface area contributed by atoms with Crippen LogP contribution in [0.25, 0.3) is 0 Å². The Balaban J connectivity index is 2.14. The first-order chi connectivity index (χ1) is 14.2. The summed E-state index contributed by atoms with van der Waals surface area (Å²) in [7, 11) is 3.25. The van der Waals surface area contributed by atoms with Gasteiger partial charge in [-0.2, -0.15) is 0 Å². The predicted molar refractivity (Wildman–Crippen MR) is 121 cm³/mol. The van der Waals surface area contributed by atoms with Gasteiger partial charge in [0, 0.05) is 37.8 Å². The van der Waals surface area contributed by atoms with Crippen LogP contribution in [0.3, 0.4) is 0 Å². The number of carbonyl (C=O) groups is 1. The third-order valence-electron chi connectivity index (χ3n) is 5.02. The minimum absolute atomic E-state index is 0.178. The maximum Gasteiger partial charge on any atom is 0.223 e. The van der Waals surface area contributed by atoms with Gasteiger partial charge in [-0.1, -0.05) is 39.8 Å². The molecule has 0 bridgehead atoms. The highest BCUT2D eigenvalue weighted by Crippen LogP contribution is 2.29. The molecule has 0 fully saturated rings. The Morgan fingerprint density at radius 3 is 2.43 bits per heavy atom. The monoisotopic (exact) mass is 412 g/mol. The number of ether oxygens (including phenoxy) is 2. The van der Waals surface area contributed by atoms with E-state index in [1.807, 2.05) is 41.3 Å². The third-order valence-corrected chi connectivity index (χ3v) is 5.02. The molecular formula is C25H36N2O3. The molecule has 1 unspecified atom stereocenters. The first-order valence-electron chi connectivity index (χ1n) is 10.6. The molecule has 30 heavy (non-hydrogen) atoms. The molecule has 5 heteroatoms. The van der Waals surface area contributed by atoms with E-state index >= 15 is 0 Å². The second kappa shape index (κ2) is 11.0. The zero-order valence-electron chi connectivity index (χ0n) is 19.3. The Labute approximate surface area is 181 Å². The molecule has 0 aliphatic rings. The summed E-state index contributed by atoms with van der Waals surface area (Å²) in [6, 6.07) is 11.7. The van der Waals surface area contributed by atoms with E-state index in [0.717, 1.165) is 24.1 Å². The molecule has 0 spiro atoms. The molecule has 5 nitrogen and oxygen atoms in total. The number of methoxy groups -OCH3 is 2. The van der Waals surface area contributed by atoms with Crippen molar-refractivity contribution in [2.24, 2.45) is 11.3 Å². The first-order valence-corrected chi connectivity index (χ1v) is 10.6. The number of carbonyl (C=O) groups excluding carboxylic acids is 1. The summed E-state index contributed by atoms with van der Waals surface area (Å²) in [5, 5.41) is 0. The molecule has 0 saturated carbocycles. The van der Waals surface area contributed by atoms with Gasteiger partial charge in [-0.05, 0) is 47.6 Å². The normalized spacial score (nSPS) is 12.3. The number of aromatic nitrogens is 1. The van der Waals surface area contributed by atoms with Crippen molar-refractivity contribution in [3.63, 3.8) is 0 Å². The van der Waals surface area contributed by atoms with Crippen LogP contribution in [0, 0.1) is 11.3 Å². The van der Waals surface area contributed by atoms with E-state index in [4.69, 9.17) is 9.47 Å². The smallest absolute Gasteiger partial charge is 0.223 e. The van der Waals surface area contributed by atoms with E-state index in [2.05, 4.69) is 32.7 Å². The Bertz CT molecular complexity index is 800. The van der Waals surface area contributed by atoms with E-state index < -0.39 is 0 Å². The molecular weight excluding hydrogens is 376 g/mol. The fourth-order valence-corrected chi connectivity index (χ4v) is 3.83. The van der Waals surface area contributed by atoms with Crippen molar-refractivity contribution >= 4 is 5.91 Å². The number of nitrogens with zero attached hydrogens (tertiary/aromatic N) is 2. The van der Waals surface area contributed by atoms with Crippen molar-refractivity contribution in [1.82, 2.24) is 9.88 Å². The maximum absolute atomic E-state index is 13.2. The zero-order chi connectivity index (χ0) is 22.1. The lowest BCUT2D eigenvalue weighted by Gasteiger charge is -2.27. The second-order valence-corrected chi connectivity index (χ2v) is 9.15. The summed E-state index contributed by atoms with van der Waals surface area (Å²) in [6.07, 6.45) is 4.09. The van der Waals surface area contributed by atoms with Crippen molar-refractivity contribution < 1.29 is 14.3 Å². The maximum atomic E-state index is 13.2. The highest BCUT2D eigenvalue weighted by Gasteiger charge is 2.21. The largest absolute Gasteiger partial charge is 0.493 e. The van der Waals surface area contributed by atoms with Crippen molar-refractivity contribution in [2.45, 2.75) is 53.5 Å². The molecule has 0 N–H and O–H groups in total. The van der Waals surface area contributed by atoms with Crippen molar-refractivity contribution in [2.75, 3.05) is 20.8 Å². The molecule has 1 aromatic heterocycles. The van der Waals surface area contributed by atoms with E-state index in [-0.39, 0.29) is 11.3 Å². The van der Waals surface area contributed by atoms with Crippen LogP contribution in [0.4, 0.5) is 0 Å².